The van der Waals surface area contributed by atoms with Crippen LogP contribution in [0.25, 0.3) is 6.08 Å². The van der Waals surface area contributed by atoms with E-state index in [4.69, 9.17) is 9.47 Å². The Kier molecular flexibility index (Phi) is 7.70. The molecule has 0 aliphatic carbocycles. The molecule has 1 aromatic heterocycles. The van der Waals surface area contributed by atoms with Crippen LogP contribution in [-0.4, -0.2) is 22.1 Å². The number of esters is 1. The molecule has 0 saturated heterocycles. The molecule has 202 valence electrons. The van der Waals surface area contributed by atoms with Crippen LogP contribution in [0.5, 0.6) is 5.75 Å². The van der Waals surface area contributed by atoms with Crippen LogP contribution in [0, 0.1) is 10.1 Å². The van der Waals surface area contributed by atoms with Crippen LogP contribution in [0.1, 0.15) is 36.6 Å². The van der Waals surface area contributed by atoms with Gasteiger partial charge in [-0.1, -0.05) is 65.9 Å². The number of hydrogen-bond acceptors (Lipinski definition) is 8. The minimum Gasteiger partial charge on any atom is -0.494 e. The fourth-order valence-corrected chi connectivity index (χ4v) is 5.57. The van der Waals surface area contributed by atoms with Crippen molar-refractivity contribution in [1.82, 2.24) is 4.57 Å². The van der Waals surface area contributed by atoms with Crippen LogP contribution < -0.4 is 19.6 Å². The molecule has 3 aromatic carbocycles. The van der Waals surface area contributed by atoms with Gasteiger partial charge in [-0.2, -0.15) is 0 Å². The third-order valence-corrected chi connectivity index (χ3v) is 7.36. The molecule has 5 rings (SSSR count). The van der Waals surface area contributed by atoms with E-state index in [0.717, 1.165) is 16.9 Å². The largest absolute Gasteiger partial charge is 0.494 e. The molecule has 0 amide bonds. The molecule has 1 atom stereocenters. The highest BCUT2D eigenvalue weighted by molar-refractivity contribution is 7.07. The summed E-state index contributed by atoms with van der Waals surface area (Å²) in [5.41, 5.74) is 1.94. The number of nitrogens with zero attached hydrogens (tertiary/aromatic N) is 3. The number of hydrogen-bond donors (Lipinski definition) is 0. The average molecular weight is 556 g/mol. The Bertz CT molecular complexity index is 1790. The lowest BCUT2D eigenvalue weighted by Gasteiger charge is -2.25. The summed E-state index contributed by atoms with van der Waals surface area (Å²) in [7, 11) is 0. The first-order valence-corrected chi connectivity index (χ1v) is 13.4. The maximum atomic E-state index is 13.8. The number of ether oxygens (including phenoxy) is 2. The zero-order chi connectivity index (χ0) is 28.2. The molecule has 40 heavy (non-hydrogen) atoms. The molecular weight excluding hydrogens is 530 g/mol. The number of nitro groups is 1. The van der Waals surface area contributed by atoms with Crippen LogP contribution >= 0.6 is 11.3 Å². The Morgan fingerprint density at radius 1 is 1.07 bits per heavy atom. The zero-order valence-corrected chi connectivity index (χ0v) is 22.6. The van der Waals surface area contributed by atoms with Crippen LogP contribution in [0.3, 0.4) is 0 Å². The fourth-order valence-electron chi connectivity index (χ4n) is 4.53. The van der Waals surface area contributed by atoms with Gasteiger partial charge in [0.25, 0.3) is 11.2 Å². The van der Waals surface area contributed by atoms with Crippen molar-refractivity contribution in [2.45, 2.75) is 26.5 Å². The number of carbonyl (C=O) groups is 1. The SMILES string of the molecule is CCOc1ccc(C2C(C(=O)OCc3ccccc3)=C(C)N=c3s/c(=C\c4ccccc4[N+](=O)[O-])c(=O)n32)cc1. The first-order chi connectivity index (χ1) is 19.4. The minimum atomic E-state index is -0.817. The Hall–Kier alpha value is -4.83. The Balaban J connectivity index is 1.63. The Morgan fingerprint density at radius 2 is 1.77 bits per heavy atom. The summed E-state index contributed by atoms with van der Waals surface area (Å²) >= 11 is 1.11. The summed E-state index contributed by atoms with van der Waals surface area (Å²) in [6, 6.07) is 21.9. The number of thiazole rings is 1. The topological polar surface area (TPSA) is 113 Å². The molecule has 10 heteroatoms. The van der Waals surface area contributed by atoms with Gasteiger partial charge in [-0.3, -0.25) is 19.5 Å². The fraction of sp³-hybridized carbons (Fsp3) is 0.167. The zero-order valence-electron chi connectivity index (χ0n) is 21.8. The summed E-state index contributed by atoms with van der Waals surface area (Å²) in [4.78, 5) is 43.4. The van der Waals surface area contributed by atoms with Crippen molar-refractivity contribution >= 4 is 29.1 Å². The van der Waals surface area contributed by atoms with Gasteiger partial charge < -0.3 is 9.47 Å². The van der Waals surface area contributed by atoms with E-state index in [2.05, 4.69) is 4.99 Å². The van der Waals surface area contributed by atoms with Gasteiger partial charge >= 0.3 is 5.97 Å². The number of nitro benzene ring substituents is 1. The molecule has 9 nitrogen and oxygen atoms in total. The monoisotopic (exact) mass is 555 g/mol. The van der Waals surface area contributed by atoms with E-state index in [1.54, 1.807) is 49.4 Å². The summed E-state index contributed by atoms with van der Waals surface area (Å²) in [5, 5.41) is 11.5. The van der Waals surface area contributed by atoms with Crippen molar-refractivity contribution in [2.24, 2.45) is 4.99 Å². The van der Waals surface area contributed by atoms with Crippen molar-refractivity contribution in [3.8, 4) is 5.75 Å². The van der Waals surface area contributed by atoms with Crippen molar-refractivity contribution in [3.05, 3.63) is 137 Å². The lowest BCUT2D eigenvalue weighted by molar-refractivity contribution is -0.385. The van der Waals surface area contributed by atoms with Crippen LogP contribution in [0.4, 0.5) is 5.69 Å². The summed E-state index contributed by atoms with van der Waals surface area (Å²) in [6.45, 7) is 4.15. The van der Waals surface area contributed by atoms with Gasteiger partial charge in [0, 0.05) is 6.07 Å². The molecule has 1 aliphatic heterocycles. The predicted molar refractivity (Wildman–Crippen MR) is 151 cm³/mol. The number of aromatic nitrogens is 1. The summed E-state index contributed by atoms with van der Waals surface area (Å²) in [6.07, 6.45) is 1.49. The van der Waals surface area contributed by atoms with Gasteiger partial charge in [-0.05, 0) is 49.2 Å². The van der Waals surface area contributed by atoms with Gasteiger partial charge in [0.2, 0.25) is 0 Å². The van der Waals surface area contributed by atoms with E-state index in [-0.39, 0.29) is 22.4 Å². The van der Waals surface area contributed by atoms with E-state index in [0.29, 0.717) is 34.0 Å². The van der Waals surface area contributed by atoms with E-state index < -0.39 is 22.5 Å². The van der Waals surface area contributed by atoms with Gasteiger partial charge in [0.15, 0.2) is 4.80 Å². The van der Waals surface area contributed by atoms with Crippen LogP contribution in [-0.2, 0) is 16.1 Å². The highest BCUT2D eigenvalue weighted by atomic mass is 32.1. The second kappa shape index (κ2) is 11.5. The van der Waals surface area contributed by atoms with E-state index in [9.17, 15) is 19.7 Å². The molecule has 0 spiro atoms. The quantitative estimate of drug-likeness (QED) is 0.182. The molecule has 0 fully saturated rings. The number of rotatable bonds is 8. The van der Waals surface area contributed by atoms with Crippen LogP contribution in [0.2, 0.25) is 0 Å². The van der Waals surface area contributed by atoms with Crippen molar-refractivity contribution in [3.63, 3.8) is 0 Å². The standard InChI is InChI=1S/C30H25N3O6S/c1-3-38-23-15-13-21(14-16-23)27-26(29(35)39-18-20-9-5-4-6-10-20)19(2)31-30-32(27)28(34)25(40-30)17-22-11-7-8-12-24(22)33(36)37/h4-17,27H,3,18H2,1-2H3/b25-17-. The third kappa shape index (κ3) is 5.34. The Morgan fingerprint density at radius 3 is 2.48 bits per heavy atom. The Labute approximate surface area is 233 Å². The second-order valence-electron chi connectivity index (χ2n) is 8.96. The highest BCUT2D eigenvalue weighted by Crippen LogP contribution is 2.32. The first kappa shape index (κ1) is 26.8. The number of allylic oxidation sites excluding steroid dienone is 1. The molecule has 0 bridgehead atoms. The van der Waals surface area contributed by atoms with E-state index in [1.807, 2.05) is 37.3 Å². The predicted octanol–water partition coefficient (Wildman–Crippen LogP) is 4.29. The summed E-state index contributed by atoms with van der Waals surface area (Å²) in [5.74, 6) is 0.0703. The first-order valence-electron chi connectivity index (χ1n) is 12.6. The minimum absolute atomic E-state index is 0.0640. The smallest absolute Gasteiger partial charge is 0.338 e. The number of benzene rings is 3. The van der Waals surface area contributed by atoms with E-state index in [1.165, 1.54) is 16.7 Å². The normalized spacial score (nSPS) is 14.8. The number of fused-ring (bicyclic) bond motifs is 1. The van der Waals surface area contributed by atoms with Crippen molar-refractivity contribution in [2.75, 3.05) is 6.61 Å². The highest BCUT2D eigenvalue weighted by Gasteiger charge is 2.33. The third-order valence-electron chi connectivity index (χ3n) is 6.38. The second-order valence-corrected chi connectivity index (χ2v) is 9.97. The average Bonchev–Trinajstić information content (AvgIpc) is 3.26. The number of carbonyl (C=O) groups excluding carboxylic acids is 1. The summed E-state index contributed by atoms with van der Waals surface area (Å²) < 4.78 is 13.0. The maximum Gasteiger partial charge on any atom is 0.338 e. The lowest BCUT2D eigenvalue weighted by Crippen LogP contribution is -2.39. The van der Waals surface area contributed by atoms with Crippen LogP contribution in [0.15, 0.2) is 99.9 Å². The van der Waals surface area contributed by atoms with Crippen molar-refractivity contribution < 1.29 is 19.2 Å². The maximum absolute atomic E-state index is 13.8. The molecule has 1 aliphatic rings. The molecular formula is C30H25N3O6S. The molecule has 1 unspecified atom stereocenters. The molecule has 4 aromatic rings. The van der Waals surface area contributed by atoms with Gasteiger partial charge in [0.1, 0.15) is 12.4 Å². The van der Waals surface area contributed by atoms with Gasteiger partial charge in [-0.25, -0.2) is 9.79 Å². The van der Waals surface area contributed by atoms with Gasteiger partial charge in [0.05, 0.1) is 38.9 Å². The van der Waals surface area contributed by atoms with Gasteiger partial charge in [-0.15, -0.1) is 0 Å². The lowest BCUT2D eigenvalue weighted by atomic mass is 9.96. The van der Waals surface area contributed by atoms with Crippen molar-refractivity contribution in [1.29, 1.82) is 0 Å². The molecule has 0 N–H and O–H groups in total. The molecule has 2 heterocycles. The molecule has 0 radical (unpaired) electrons. The molecule has 0 saturated carbocycles. The number of para-hydroxylation sites is 1. The van der Waals surface area contributed by atoms with E-state index >= 15 is 0 Å².